The van der Waals surface area contributed by atoms with Gasteiger partial charge in [0, 0.05) is 0 Å². The Kier molecular flexibility index (Phi) is 2.96. The topological polar surface area (TPSA) is 21.8 Å². The zero-order valence-electron chi connectivity index (χ0n) is 6.65. The highest BCUT2D eigenvalue weighted by Gasteiger charge is 2.58. The van der Waals surface area contributed by atoms with E-state index in [9.17, 15) is 26.3 Å². The minimum absolute atomic E-state index is 0.138. The molecule has 2 atom stereocenters. The number of ether oxygens (including phenoxy) is 2. The van der Waals surface area contributed by atoms with Gasteiger partial charge in [-0.05, 0) is 0 Å². The number of halogens is 6. The quantitative estimate of drug-likeness (QED) is 0.537. The molecule has 1 rings (SSSR count). The van der Waals surface area contributed by atoms with Crippen molar-refractivity contribution in [3.63, 3.8) is 0 Å². The molecule has 1 aliphatic heterocycles. The second-order valence-corrected chi connectivity index (χ2v) is 2.73. The first kappa shape index (κ1) is 11.6. The lowest BCUT2D eigenvalue weighted by Crippen LogP contribution is -2.44. The highest BCUT2D eigenvalue weighted by Crippen LogP contribution is 2.36. The van der Waals surface area contributed by atoms with Crippen molar-refractivity contribution in [3.8, 4) is 0 Å². The molecule has 0 radical (unpaired) electrons. The van der Waals surface area contributed by atoms with Gasteiger partial charge in [0.15, 0.2) is 0 Å². The second-order valence-electron chi connectivity index (χ2n) is 2.73. The molecule has 8 heteroatoms. The molecular weight excluding hydrogens is 218 g/mol. The van der Waals surface area contributed by atoms with E-state index >= 15 is 0 Å². The van der Waals surface area contributed by atoms with Crippen LogP contribution in [0, 0.1) is 0 Å². The van der Waals surface area contributed by atoms with Crippen LogP contribution in [0.4, 0.5) is 26.3 Å². The van der Waals surface area contributed by atoms with E-state index < -0.39 is 31.2 Å². The third-order valence-electron chi connectivity index (χ3n) is 1.45. The Morgan fingerprint density at radius 3 is 2.14 bits per heavy atom. The maximum atomic E-state index is 12.3. The minimum atomic E-state index is -5.63. The molecule has 0 bridgehead atoms. The lowest BCUT2D eigenvalue weighted by Gasteiger charge is -2.21. The first-order valence-electron chi connectivity index (χ1n) is 3.57. The van der Waals surface area contributed by atoms with Crippen molar-refractivity contribution in [1.29, 1.82) is 0 Å². The van der Waals surface area contributed by atoms with E-state index in [4.69, 9.17) is 0 Å². The molecule has 14 heavy (non-hydrogen) atoms. The van der Waals surface area contributed by atoms with E-state index in [0.29, 0.717) is 0 Å². The second kappa shape index (κ2) is 3.58. The third-order valence-corrected chi connectivity index (χ3v) is 1.45. The largest absolute Gasteiger partial charge is 0.428 e. The maximum absolute atomic E-state index is 12.3. The number of rotatable bonds is 4. The molecule has 0 N–H and O–H groups in total. The zero-order valence-corrected chi connectivity index (χ0v) is 6.65. The number of hydrogen-bond donors (Lipinski definition) is 0. The SMILES string of the molecule is F[C@H](C(F)(F)F)C(F)(F)OC[C@H]1CO1. The Bertz CT molecular complexity index is 199. The predicted molar refractivity (Wildman–Crippen MR) is 31.6 cm³/mol. The van der Waals surface area contributed by atoms with Crippen molar-refractivity contribution in [3.05, 3.63) is 0 Å². The zero-order chi connectivity index (χ0) is 11.0. The van der Waals surface area contributed by atoms with Crippen LogP contribution in [0.25, 0.3) is 0 Å². The first-order chi connectivity index (χ1) is 6.23. The van der Waals surface area contributed by atoms with Gasteiger partial charge in [-0.3, -0.25) is 0 Å². The van der Waals surface area contributed by atoms with E-state index in [-0.39, 0.29) is 6.61 Å². The molecule has 84 valence electrons. The highest BCUT2D eigenvalue weighted by molar-refractivity contribution is 4.77. The van der Waals surface area contributed by atoms with E-state index in [1.54, 1.807) is 0 Å². The van der Waals surface area contributed by atoms with E-state index in [0.717, 1.165) is 0 Å². The van der Waals surface area contributed by atoms with Gasteiger partial charge in [-0.25, -0.2) is 4.39 Å². The van der Waals surface area contributed by atoms with Crippen molar-refractivity contribution < 1.29 is 35.8 Å². The lowest BCUT2D eigenvalue weighted by atomic mass is 10.3. The first-order valence-corrected chi connectivity index (χ1v) is 3.57. The average molecular weight is 224 g/mol. The minimum Gasteiger partial charge on any atom is -0.371 e. The highest BCUT2D eigenvalue weighted by atomic mass is 19.4. The molecular formula is C6H6F6O2. The average Bonchev–Trinajstić information content (AvgIpc) is 2.81. The monoisotopic (exact) mass is 224 g/mol. The molecule has 0 aromatic carbocycles. The van der Waals surface area contributed by atoms with Crippen molar-refractivity contribution in [2.24, 2.45) is 0 Å². The normalized spacial score (nSPS) is 24.9. The molecule has 1 saturated heterocycles. The van der Waals surface area contributed by atoms with Crippen LogP contribution in [0.5, 0.6) is 0 Å². The van der Waals surface area contributed by atoms with Crippen molar-refractivity contribution in [1.82, 2.24) is 0 Å². The fourth-order valence-electron chi connectivity index (χ4n) is 0.632. The molecule has 0 saturated carbocycles. The molecule has 0 unspecified atom stereocenters. The van der Waals surface area contributed by atoms with Crippen LogP contribution >= 0.6 is 0 Å². The summed E-state index contributed by atoms with van der Waals surface area (Å²) in [7, 11) is 0. The summed E-state index contributed by atoms with van der Waals surface area (Å²) >= 11 is 0. The molecule has 0 spiro atoms. The van der Waals surface area contributed by atoms with E-state index in [2.05, 4.69) is 9.47 Å². The molecule has 1 heterocycles. The van der Waals surface area contributed by atoms with Crippen LogP contribution in [0.3, 0.4) is 0 Å². The van der Waals surface area contributed by atoms with Crippen LogP contribution in [-0.2, 0) is 9.47 Å². The van der Waals surface area contributed by atoms with Crippen LogP contribution in [0.15, 0.2) is 0 Å². The maximum Gasteiger partial charge on any atom is 0.428 e. The lowest BCUT2D eigenvalue weighted by molar-refractivity contribution is -0.336. The smallest absolute Gasteiger partial charge is 0.371 e. The Labute approximate surface area is 74.8 Å². The Morgan fingerprint density at radius 1 is 1.29 bits per heavy atom. The molecule has 2 nitrogen and oxygen atoms in total. The van der Waals surface area contributed by atoms with Gasteiger partial charge in [0.2, 0.25) is 0 Å². The fourth-order valence-corrected chi connectivity index (χ4v) is 0.632. The third kappa shape index (κ3) is 3.02. The van der Waals surface area contributed by atoms with Gasteiger partial charge in [0.25, 0.3) is 6.17 Å². The van der Waals surface area contributed by atoms with Gasteiger partial charge in [0.05, 0.1) is 13.2 Å². The summed E-state index contributed by atoms with van der Waals surface area (Å²) in [4.78, 5) is 0. The summed E-state index contributed by atoms with van der Waals surface area (Å²) in [5, 5.41) is 0. The van der Waals surface area contributed by atoms with E-state index in [1.807, 2.05) is 0 Å². The fraction of sp³-hybridized carbons (Fsp3) is 1.00. The number of hydrogen-bond acceptors (Lipinski definition) is 2. The van der Waals surface area contributed by atoms with Gasteiger partial charge >= 0.3 is 12.3 Å². The van der Waals surface area contributed by atoms with Crippen molar-refractivity contribution >= 4 is 0 Å². The van der Waals surface area contributed by atoms with Crippen LogP contribution in [0.2, 0.25) is 0 Å². The van der Waals surface area contributed by atoms with Gasteiger partial charge in [-0.1, -0.05) is 0 Å². The molecule has 1 aliphatic rings. The molecule has 0 aromatic heterocycles. The van der Waals surface area contributed by atoms with Gasteiger partial charge in [-0.2, -0.15) is 22.0 Å². The van der Waals surface area contributed by atoms with Crippen LogP contribution in [-0.4, -0.2) is 37.8 Å². The standard InChI is InChI=1S/C6H6F6O2/c7-4(5(8,9)10)6(11,12)14-2-3-1-13-3/h3-4H,1-2H2/t3-,4-/m1/s1. The number of alkyl halides is 6. The van der Waals surface area contributed by atoms with Gasteiger partial charge < -0.3 is 9.47 Å². The summed E-state index contributed by atoms with van der Waals surface area (Å²) in [6, 6.07) is 0. The summed E-state index contributed by atoms with van der Waals surface area (Å²) < 4.78 is 79.2. The summed E-state index contributed by atoms with van der Waals surface area (Å²) in [6.07, 6.45) is -15.5. The molecule has 0 aromatic rings. The van der Waals surface area contributed by atoms with Crippen LogP contribution in [0.1, 0.15) is 0 Å². The Hall–Kier alpha value is -0.500. The van der Waals surface area contributed by atoms with E-state index in [1.165, 1.54) is 0 Å². The molecule has 1 fully saturated rings. The number of epoxide rings is 1. The summed E-state index contributed by atoms with van der Waals surface area (Å²) in [6.45, 7) is -0.609. The summed E-state index contributed by atoms with van der Waals surface area (Å²) in [5.41, 5.74) is 0. The Balaban J connectivity index is 2.44. The Morgan fingerprint density at radius 2 is 1.79 bits per heavy atom. The predicted octanol–water partition coefficient (Wildman–Crippen LogP) is 1.89. The van der Waals surface area contributed by atoms with Gasteiger partial charge in [0.1, 0.15) is 6.10 Å². The van der Waals surface area contributed by atoms with Crippen LogP contribution < -0.4 is 0 Å². The molecule has 0 amide bonds. The molecule has 0 aliphatic carbocycles. The van der Waals surface area contributed by atoms with Crippen molar-refractivity contribution in [2.45, 2.75) is 24.6 Å². The van der Waals surface area contributed by atoms with Crippen molar-refractivity contribution in [2.75, 3.05) is 13.2 Å². The van der Waals surface area contributed by atoms with Gasteiger partial charge in [-0.15, -0.1) is 0 Å². The summed E-state index contributed by atoms with van der Waals surface area (Å²) in [5.74, 6) is 0.